The molecule has 1 unspecified atom stereocenters. The van der Waals surface area contributed by atoms with Gasteiger partial charge in [-0.2, -0.15) is 0 Å². The number of aliphatic hydroxyl groups is 1. The van der Waals surface area contributed by atoms with E-state index in [2.05, 4.69) is 20.7 Å². The van der Waals surface area contributed by atoms with Crippen molar-refractivity contribution in [3.8, 4) is 0 Å². The van der Waals surface area contributed by atoms with Gasteiger partial charge in [0.15, 0.2) is 0 Å². The molecule has 0 spiro atoms. The maximum atomic E-state index is 12.1. The van der Waals surface area contributed by atoms with Crippen LogP contribution in [0.4, 0.5) is 0 Å². The van der Waals surface area contributed by atoms with Gasteiger partial charge in [-0.05, 0) is 18.1 Å². The van der Waals surface area contributed by atoms with Gasteiger partial charge in [0.05, 0.1) is 24.0 Å². The summed E-state index contributed by atoms with van der Waals surface area (Å²) < 4.78 is 16.6. The lowest BCUT2D eigenvalue weighted by atomic mass is 10.0. The van der Waals surface area contributed by atoms with E-state index < -0.39 is 27.7 Å². The zero-order valence-corrected chi connectivity index (χ0v) is 13.2. The average molecular weight is 349 g/mol. The van der Waals surface area contributed by atoms with Crippen LogP contribution in [0.2, 0.25) is 0 Å². The highest BCUT2D eigenvalue weighted by Gasteiger charge is 2.30. The van der Waals surface area contributed by atoms with Crippen LogP contribution in [0.1, 0.15) is 6.92 Å². The quantitative estimate of drug-likeness (QED) is 0.628. The largest absolute Gasteiger partial charge is 0.468 e. The van der Waals surface area contributed by atoms with Crippen molar-refractivity contribution in [1.29, 1.82) is 0 Å². The smallest absolute Gasteiger partial charge is 0.322 e. The fraction of sp³-hybridized carbons (Fsp3) is 0.462. The van der Waals surface area contributed by atoms with Gasteiger partial charge < -0.3 is 9.84 Å². The predicted molar refractivity (Wildman–Crippen MR) is 77.6 cm³/mol. The molecule has 1 aromatic carbocycles. The molecule has 0 saturated heterocycles. The maximum Gasteiger partial charge on any atom is 0.322 e. The number of hydrogen-bond donors (Lipinski definition) is 1. The zero-order chi connectivity index (χ0) is 14.4. The molecule has 0 aromatic heterocycles. The number of hydrogen-bond acceptors (Lipinski definition) is 4. The van der Waals surface area contributed by atoms with E-state index in [1.807, 2.05) is 18.2 Å². The molecular weight excluding hydrogens is 332 g/mol. The van der Waals surface area contributed by atoms with Gasteiger partial charge in [0.25, 0.3) is 0 Å². The number of rotatable bonds is 6. The number of benzene rings is 1. The summed E-state index contributed by atoms with van der Waals surface area (Å²) in [5.41, 5.74) is 0. The summed E-state index contributed by atoms with van der Waals surface area (Å²) in [5, 5.41) is 10.0. The lowest BCUT2D eigenvalue weighted by Gasteiger charge is -2.21. The summed E-state index contributed by atoms with van der Waals surface area (Å²) >= 11 is 3.09. The second-order valence-corrected chi connectivity index (χ2v) is 6.70. The van der Waals surface area contributed by atoms with Crippen molar-refractivity contribution in [3.05, 3.63) is 30.3 Å². The molecule has 19 heavy (non-hydrogen) atoms. The molecule has 0 heterocycles. The summed E-state index contributed by atoms with van der Waals surface area (Å²) in [6.45, 7) is 1.75. The van der Waals surface area contributed by atoms with Crippen molar-refractivity contribution in [2.75, 3.05) is 12.9 Å². The molecular formula is C13H17BrO4S. The number of carbonyl (C=O) groups is 1. The van der Waals surface area contributed by atoms with Gasteiger partial charge in [-0.15, -0.1) is 0 Å². The van der Waals surface area contributed by atoms with E-state index >= 15 is 0 Å². The average Bonchev–Trinajstić information content (AvgIpc) is 2.45. The second-order valence-electron chi connectivity index (χ2n) is 4.22. The molecule has 4 nitrogen and oxygen atoms in total. The molecule has 0 fully saturated rings. The third kappa shape index (κ3) is 4.71. The summed E-state index contributed by atoms with van der Waals surface area (Å²) in [5.74, 6) is -0.557. The molecule has 0 aliphatic heterocycles. The van der Waals surface area contributed by atoms with Gasteiger partial charge in [0, 0.05) is 10.6 Å². The van der Waals surface area contributed by atoms with Crippen LogP contribution < -0.4 is 0 Å². The van der Waals surface area contributed by atoms with Gasteiger partial charge in [0.1, 0.15) is 4.83 Å². The van der Waals surface area contributed by atoms with E-state index in [0.29, 0.717) is 4.90 Å². The zero-order valence-electron chi connectivity index (χ0n) is 10.8. The topological polar surface area (TPSA) is 63.6 Å². The molecule has 0 radical (unpaired) electrons. The highest BCUT2D eigenvalue weighted by atomic mass is 79.9. The van der Waals surface area contributed by atoms with Crippen LogP contribution in [-0.2, 0) is 20.3 Å². The van der Waals surface area contributed by atoms with Crippen molar-refractivity contribution >= 4 is 32.7 Å². The van der Waals surface area contributed by atoms with Crippen molar-refractivity contribution in [3.63, 3.8) is 0 Å². The minimum Gasteiger partial charge on any atom is -0.468 e. The first kappa shape index (κ1) is 16.3. The highest BCUT2D eigenvalue weighted by Crippen LogP contribution is 2.19. The number of halogens is 1. The summed E-state index contributed by atoms with van der Waals surface area (Å²) in [7, 11) is 0.0613. The first-order valence-corrected chi connectivity index (χ1v) is 8.04. The van der Waals surface area contributed by atoms with Crippen LogP contribution in [0.3, 0.4) is 0 Å². The molecule has 1 aromatic rings. The minimum absolute atomic E-state index is 0.282. The Morgan fingerprint density at radius 3 is 2.53 bits per heavy atom. The van der Waals surface area contributed by atoms with Crippen LogP contribution in [0.25, 0.3) is 0 Å². The van der Waals surface area contributed by atoms with E-state index in [1.165, 1.54) is 7.11 Å². The van der Waals surface area contributed by atoms with Crippen LogP contribution in [0.5, 0.6) is 0 Å². The van der Waals surface area contributed by atoms with E-state index in [4.69, 9.17) is 0 Å². The fourth-order valence-corrected chi connectivity index (χ4v) is 3.58. The number of ether oxygens (including phenoxy) is 1. The molecule has 106 valence electrons. The van der Waals surface area contributed by atoms with Gasteiger partial charge >= 0.3 is 5.97 Å². The molecule has 0 aliphatic rings. The first-order valence-electron chi connectivity index (χ1n) is 5.80. The number of alkyl halides is 1. The predicted octanol–water partition coefficient (Wildman–Crippen LogP) is 1.73. The van der Waals surface area contributed by atoms with Crippen molar-refractivity contribution in [2.45, 2.75) is 22.8 Å². The molecule has 0 amide bonds. The Morgan fingerprint density at radius 1 is 1.42 bits per heavy atom. The molecule has 6 heteroatoms. The van der Waals surface area contributed by atoms with Crippen LogP contribution in [0, 0.1) is 5.92 Å². The Morgan fingerprint density at radius 2 is 2.00 bits per heavy atom. The van der Waals surface area contributed by atoms with Gasteiger partial charge in [0.2, 0.25) is 0 Å². The van der Waals surface area contributed by atoms with Gasteiger partial charge in [-0.1, -0.05) is 41.1 Å². The molecule has 0 aliphatic carbocycles. The standard InChI is InChI=1S/C13H17BrO4S/c1-9(12(15)11(14)13(16)18-2)8-19(17)10-6-4-3-5-7-10/h3-7,9,11-12,15H,8H2,1-2H3/t9-,11+,12-,19?/m1/s1. The van der Waals surface area contributed by atoms with E-state index in [9.17, 15) is 14.1 Å². The minimum atomic E-state index is -1.20. The Bertz CT molecular complexity index is 438. The van der Waals surface area contributed by atoms with Crippen molar-refractivity contribution < 1.29 is 18.8 Å². The van der Waals surface area contributed by atoms with E-state index in [1.54, 1.807) is 19.1 Å². The Kier molecular flexibility index (Phi) is 6.68. The SMILES string of the molecule is COC(=O)[C@@H](Br)[C@H](O)[C@H](C)CS(=O)c1ccccc1. The summed E-state index contributed by atoms with van der Waals surface area (Å²) in [6, 6.07) is 9.04. The Balaban J connectivity index is 2.62. The van der Waals surface area contributed by atoms with Crippen LogP contribution in [-0.4, -0.2) is 39.1 Å². The molecule has 4 atom stereocenters. The Hall–Kier alpha value is -0.720. The van der Waals surface area contributed by atoms with Crippen LogP contribution >= 0.6 is 15.9 Å². The van der Waals surface area contributed by atoms with Crippen molar-refractivity contribution in [1.82, 2.24) is 0 Å². The van der Waals surface area contributed by atoms with Crippen molar-refractivity contribution in [2.24, 2.45) is 5.92 Å². The fourth-order valence-electron chi connectivity index (χ4n) is 1.55. The van der Waals surface area contributed by atoms with E-state index in [-0.39, 0.29) is 11.7 Å². The number of esters is 1. The van der Waals surface area contributed by atoms with Gasteiger partial charge in [-0.3, -0.25) is 9.00 Å². The molecule has 1 N–H and O–H groups in total. The monoisotopic (exact) mass is 348 g/mol. The number of aliphatic hydroxyl groups excluding tert-OH is 1. The normalized spacial score (nSPS) is 17.3. The maximum absolute atomic E-state index is 12.1. The summed E-state index contributed by atoms with van der Waals surface area (Å²) in [4.78, 5) is 11.2. The highest BCUT2D eigenvalue weighted by molar-refractivity contribution is 9.10. The first-order chi connectivity index (χ1) is 8.97. The third-order valence-corrected chi connectivity index (χ3v) is 5.27. The lowest BCUT2D eigenvalue weighted by Crippen LogP contribution is -2.36. The lowest BCUT2D eigenvalue weighted by molar-refractivity contribution is -0.142. The number of methoxy groups -OCH3 is 1. The Labute approximate surface area is 123 Å². The number of carbonyl (C=O) groups excluding carboxylic acids is 1. The third-order valence-electron chi connectivity index (χ3n) is 2.73. The van der Waals surface area contributed by atoms with Crippen LogP contribution in [0.15, 0.2) is 35.2 Å². The molecule has 0 saturated carbocycles. The second kappa shape index (κ2) is 7.77. The van der Waals surface area contributed by atoms with Gasteiger partial charge in [-0.25, -0.2) is 0 Å². The summed E-state index contributed by atoms with van der Waals surface area (Å²) in [6.07, 6.45) is -0.944. The molecule has 1 rings (SSSR count). The van der Waals surface area contributed by atoms with E-state index in [0.717, 1.165) is 0 Å². The molecule has 0 bridgehead atoms.